The lowest BCUT2D eigenvalue weighted by molar-refractivity contribution is 0.281. The molecule has 2 aromatic rings. The van der Waals surface area contributed by atoms with Gasteiger partial charge < -0.3 is 19.5 Å². The molecule has 0 spiro atoms. The number of hydrogen-bond acceptors (Lipinski definition) is 3. The lowest BCUT2D eigenvalue weighted by Gasteiger charge is -2.22. The van der Waals surface area contributed by atoms with Gasteiger partial charge in [0.05, 0.1) is 13.1 Å². The molecule has 0 aliphatic heterocycles. The van der Waals surface area contributed by atoms with Gasteiger partial charge in [-0.05, 0) is 30.2 Å². The smallest absolute Gasteiger partial charge is 0.193 e. The fourth-order valence-corrected chi connectivity index (χ4v) is 2.55. The molecule has 142 valence electrons. The summed E-state index contributed by atoms with van der Waals surface area (Å²) in [6, 6.07) is 6.02. The van der Waals surface area contributed by atoms with Crippen LogP contribution in [0.5, 0.6) is 5.75 Å². The number of aliphatic imine (C=N–C) groups is 1. The molecule has 6 nitrogen and oxygen atoms in total. The van der Waals surface area contributed by atoms with E-state index in [-0.39, 0.29) is 5.82 Å². The molecule has 1 aromatic carbocycles. The van der Waals surface area contributed by atoms with Crippen LogP contribution in [0.4, 0.5) is 4.39 Å². The Morgan fingerprint density at radius 1 is 1.35 bits per heavy atom. The quantitative estimate of drug-likeness (QED) is 0.580. The second kappa shape index (κ2) is 9.79. The summed E-state index contributed by atoms with van der Waals surface area (Å²) in [5.41, 5.74) is 0. The first-order valence-corrected chi connectivity index (χ1v) is 8.79. The van der Waals surface area contributed by atoms with Gasteiger partial charge in [-0.15, -0.1) is 0 Å². The number of hydrogen-bond donors (Lipinski definition) is 1. The number of benzene rings is 1. The summed E-state index contributed by atoms with van der Waals surface area (Å²) in [6.45, 7) is 7.05. The monoisotopic (exact) mass is 361 g/mol. The van der Waals surface area contributed by atoms with Gasteiger partial charge in [-0.1, -0.05) is 13.8 Å². The summed E-state index contributed by atoms with van der Waals surface area (Å²) in [6.07, 6.45) is 3.82. The van der Waals surface area contributed by atoms with Crippen molar-refractivity contribution in [3.8, 4) is 5.75 Å². The predicted octanol–water partition coefficient (Wildman–Crippen LogP) is 2.76. The number of aromatic nitrogens is 2. The fourth-order valence-electron chi connectivity index (χ4n) is 2.55. The molecule has 0 bridgehead atoms. The van der Waals surface area contributed by atoms with Crippen molar-refractivity contribution >= 4 is 5.96 Å². The van der Waals surface area contributed by atoms with E-state index in [1.807, 2.05) is 24.3 Å². The molecule has 0 unspecified atom stereocenters. The topological polar surface area (TPSA) is 54.7 Å². The molecule has 0 atom stereocenters. The second-order valence-electron chi connectivity index (χ2n) is 6.51. The minimum absolute atomic E-state index is 0.269. The van der Waals surface area contributed by atoms with Crippen LogP contribution in [-0.4, -0.2) is 47.7 Å². The van der Waals surface area contributed by atoms with E-state index >= 15 is 0 Å². The van der Waals surface area contributed by atoms with Gasteiger partial charge in [-0.25, -0.2) is 9.37 Å². The van der Waals surface area contributed by atoms with Gasteiger partial charge in [0.15, 0.2) is 5.96 Å². The van der Waals surface area contributed by atoms with Crippen LogP contribution in [0.3, 0.4) is 0 Å². The van der Waals surface area contributed by atoms with Crippen LogP contribution in [-0.2, 0) is 13.1 Å². The van der Waals surface area contributed by atoms with Crippen LogP contribution in [0.25, 0.3) is 0 Å². The molecule has 0 aliphatic carbocycles. The largest absolute Gasteiger partial charge is 0.492 e. The molecular weight excluding hydrogens is 333 g/mol. The molecule has 7 heteroatoms. The number of nitrogens with one attached hydrogen (secondary N) is 1. The highest BCUT2D eigenvalue weighted by Gasteiger charge is 2.09. The first kappa shape index (κ1) is 19.8. The van der Waals surface area contributed by atoms with Crippen molar-refractivity contribution in [3.63, 3.8) is 0 Å². The number of halogens is 1. The first-order valence-electron chi connectivity index (χ1n) is 8.79. The molecular formula is C19H28FN5O. The van der Waals surface area contributed by atoms with Crippen LogP contribution in [0, 0.1) is 11.7 Å². The van der Waals surface area contributed by atoms with E-state index in [2.05, 4.69) is 33.7 Å². The minimum Gasteiger partial charge on any atom is -0.492 e. The number of imidazole rings is 1. The van der Waals surface area contributed by atoms with Crippen molar-refractivity contribution in [1.82, 2.24) is 19.8 Å². The molecule has 1 heterocycles. The van der Waals surface area contributed by atoms with Gasteiger partial charge in [-0.3, -0.25) is 4.99 Å². The van der Waals surface area contributed by atoms with Crippen LogP contribution < -0.4 is 10.1 Å². The van der Waals surface area contributed by atoms with Gasteiger partial charge in [-0.2, -0.15) is 0 Å². The Bertz CT molecular complexity index is 696. The third kappa shape index (κ3) is 6.06. The van der Waals surface area contributed by atoms with E-state index in [0.717, 1.165) is 18.3 Å². The van der Waals surface area contributed by atoms with E-state index in [0.29, 0.717) is 31.4 Å². The SMILES string of the molecule is CN=C(NCc1nccn1CC(C)C)N(C)CCOc1ccc(F)cc1. The molecule has 1 N–H and O–H groups in total. The van der Waals surface area contributed by atoms with Crippen molar-refractivity contribution in [2.45, 2.75) is 26.9 Å². The average molecular weight is 361 g/mol. The molecule has 0 saturated carbocycles. The Hall–Kier alpha value is -2.57. The number of nitrogens with zero attached hydrogens (tertiary/aromatic N) is 4. The van der Waals surface area contributed by atoms with Gasteiger partial charge in [0.2, 0.25) is 0 Å². The molecule has 0 amide bonds. The van der Waals surface area contributed by atoms with Crippen LogP contribution in [0.1, 0.15) is 19.7 Å². The van der Waals surface area contributed by atoms with Crippen molar-refractivity contribution in [1.29, 1.82) is 0 Å². The van der Waals surface area contributed by atoms with Crippen LogP contribution in [0.15, 0.2) is 41.7 Å². The Morgan fingerprint density at radius 3 is 2.73 bits per heavy atom. The van der Waals surface area contributed by atoms with Gasteiger partial charge in [0.25, 0.3) is 0 Å². The normalized spacial score (nSPS) is 11.7. The first-order chi connectivity index (χ1) is 12.5. The minimum atomic E-state index is -0.269. The Labute approximate surface area is 154 Å². The van der Waals surface area contributed by atoms with Crippen molar-refractivity contribution in [3.05, 3.63) is 48.3 Å². The molecule has 0 radical (unpaired) electrons. The third-order valence-corrected chi connectivity index (χ3v) is 3.85. The zero-order valence-electron chi connectivity index (χ0n) is 15.9. The van der Waals surface area contributed by atoms with Gasteiger partial charge in [0.1, 0.15) is 24.0 Å². The van der Waals surface area contributed by atoms with E-state index in [4.69, 9.17) is 4.74 Å². The zero-order chi connectivity index (χ0) is 18.9. The summed E-state index contributed by atoms with van der Waals surface area (Å²) in [4.78, 5) is 10.7. The Kier molecular flexibility index (Phi) is 7.44. The summed E-state index contributed by atoms with van der Waals surface area (Å²) < 4.78 is 20.7. The van der Waals surface area contributed by atoms with Gasteiger partial charge in [0, 0.05) is 33.0 Å². The summed E-state index contributed by atoms with van der Waals surface area (Å²) >= 11 is 0. The summed E-state index contributed by atoms with van der Waals surface area (Å²) in [5, 5.41) is 3.33. The molecule has 26 heavy (non-hydrogen) atoms. The van der Waals surface area contributed by atoms with Crippen molar-refractivity contribution in [2.24, 2.45) is 10.9 Å². The average Bonchev–Trinajstić information content (AvgIpc) is 3.03. The van der Waals surface area contributed by atoms with Crippen molar-refractivity contribution < 1.29 is 9.13 Å². The van der Waals surface area contributed by atoms with Gasteiger partial charge >= 0.3 is 0 Å². The Morgan fingerprint density at radius 2 is 2.08 bits per heavy atom. The number of ether oxygens (including phenoxy) is 1. The fraction of sp³-hybridized carbons (Fsp3) is 0.474. The van der Waals surface area contributed by atoms with E-state index in [9.17, 15) is 4.39 Å². The lowest BCUT2D eigenvalue weighted by Crippen LogP contribution is -2.40. The molecule has 1 aromatic heterocycles. The van der Waals surface area contributed by atoms with Crippen LogP contribution >= 0.6 is 0 Å². The maximum absolute atomic E-state index is 12.9. The van der Waals surface area contributed by atoms with E-state index in [1.54, 1.807) is 19.2 Å². The van der Waals surface area contributed by atoms with E-state index in [1.165, 1.54) is 12.1 Å². The highest BCUT2D eigenvalue weighted by Crippen LogP contribution is 2.10. The van der Waals surface area contributed by atoms with Crippen molar-refractivity contribution in [2.75, 3.05) is 27.2 Å². The lowest BCUT2D eigenvalue weighted by atomic mass is 10.2. The maximum atomic E-state index is 12.9. The highest BCUT2D eigenvalue weighted by atomic mass is 19.1. The second-order valence-corrected chi connectivity index (χ2v) is 6.51. The standard InChI is InChI=1S/C19H28FN5O/c1-15(2)14-25-10-9-22-18(25)13-23-19(21-3)24(4)11-12-26-17-7-5-16(20)6-8-17/h5-10,15H,11-14H2,1-4H3,(H,21,23). The predicted molar refractivity (Wildman–Crippen MR) is 102 cm³/mol. The summed E-state index contributed by atoms with van der Waals surface area (Å²) in [7, 11) is 3.70. The molecule has 0 fully saturated rings. The number of likely N-dealkylation sites (N-methyl/N-ethyl adjacent to an activating group) is 1. The molecule has 0 aliphatic rings. The number of rotatable bonds is 8. The van der Waals surface area contributed by atoms with Crippen LogP contribution in [0.2, 0.25) is 0 Å². The third-order valence-electron chi connectivity index (χ3n) is 3.85. The van der Waals surface area contributed by atoms with E-state index < -0.39 is 0 Å². The number of guanidine groups is 1. The highest BCUT2D eigenvalue weighted by molar-refractivity contribution is 5.79. The molecule has 0 saturated heterocycles. The zero-order valence-corrected chi connectivity index (χ0v) is 15.9. The maximum Gasteiger partial charge on any atom is 0.193 e. The molecule has 2 rings (SSSR count). The summed E-state index contributed by atoms with van der Waals surface area (Å²) in [5.74, 6) is 2.70. The Balaban J connectivity index is 1.80.